The predicted octanol–water partition coefficient (Wildman–Crippen LogP) is 4.38. The average Bonchev–Trinajstić information content (AvgIpc) is 2.62. The zero-order valence-electron chi connectivity index (χ0n) is 16.3. The first-order valence-corrected chi connectivity index (χ1v) is 9.38. The van der Waals surface area contributed by atoms with E-state index in [1.807, 2.05) is 75.1 Å². The van der Waals surface area contributed by atoms with Crippen molar-refractivity contribution in [3.8, 4) is 0 Å². The van der Waals surface area contributed by atoms with Crippen molar-refractivity contribution in [2.45, 2.75) is 46.2 Å². The van der Waals surface area contributed by atoms with Crippen LogP contribution < -0.4 is 5.56 Å². The van der Waals surface area contributed by atoms with E-state index in [0.29, 0.717) is 0 Å². The Labute approximate surface area is 159 Å². The molecule has 1 amide bonds. The van der Waals surface area contributed by atoms with E-state index in [1.54, 1.807) is 6.07 Å². The van der Waals surface area contributed by atoms with E-state index in [2.05, 4.69) is 11.1 Å². The lowest BCUT2D eigenvalue weighted by molar-refractivity contribution is 0.0643. The lowest BCUT2D eigenvalue weighted by atomic mass is 10.0. The van der Waals surface area contributed by atoms with Gasteiger partial charge in [0.2, 0.25) is 5.56 Å². The van der Waals surface area contributed by atoms with Crippen molar-refractivity contribution in [1.82, 2.24) is 9.88 Å². The Morgan fingerprint density at radius 3 is 2.15 bits per heavy atom. The number of pyridine rings is 1. The first kappa shape index (κ1) is 18.9. The largest absolute Gasteiger partial charge is 0.334 e. The Kier molecular flexibility index (Phi) is 5.45. The molecule has 0 fully saturated rings. The Bertz CT molecular complexity index is 993. The van der Waals surface area contributed by atoms with Gasteiger partial charge in [-0.1, -0.05) is 18.2 Å². The quantitative estimate of drug-likeness (QED) is 0.732. The SMILES string of the molecule is CC(C)N(C(=O)c1ccc(Cc2ccc3[nH]c(=O)ccc3c2)cc1)C(C)C. The maximum atomic E-state index is 12.8. The number of aromatic nitrogens is 1. The molecular weight excluding hydrogens is 336 g/mol. The van der Waals surface area contributed by atoms with Crippen LogP contribution >= 0.6 is 0 Å². The zero-order valence-corrected chi connectivity index (χ0v) is 16.3. The van der Waals surface area contributed by atoms with E-state index in [4.69, 9.17) is 0 Å². The second kappa shape index (κ2) is 7.78. The standard InChI is InChI=1S/C23H26N2O2/c1-15(2)25(16(3)4)23(27)19-8-5-17(6-9-19)13-18-7-11-21-20(14-18)10-12-22(26)24-21/h5-12,14-16H,13H2,1-4H3,(H,24,26). The summed E-state index contributed by atoms with van der Waals surface area (Å²) >= 11 is 0. The number of nitrogens with zero attached hydrogens (tertiary/aromatic N) is 1. The van der Waals surface area contributed by atoms with E-state index in [9.17, 15) is 9.59 Å². The van der Waals surface area contributed by atoms with Gasteiger partial charge >= 0.3 is 0 Å². The molecule has 4 nitrogen and oxygen atoms in total. The van der Waals surface area contributed by atoms with Crippen LogP contribution in [0, 0.1) is 0 Å². The Morgan fingerprint density at radius 1 is 0.889 bits per heavy atom. The van der Waals surface area contributed by atoms with Crippen molar-refractivity contribution in [3.63, 3.8) is 0 Å². The second-order valence-electron chi connectivity index (χ2n) is 7.52. The minimum atomic E-state index is -0.0904. The minimum Gasteiger partial charge on any atom is -0.334 e. The molecule has 27 heavy (non-hydrogen) atoms. The van der Waals surface area contributed by atoms with Gasteiger partial charge in [0.1, 0.15) is 0 Å². The highest BCUT2D eigenvalue weighted by Crippen LogP contribution is 2.18. The van der Waals surface area contributed by atoms with Gasteiger partial charge in [-0.15, -0.1) is 0 Å². The average molecular weight is 362 g/mol. The molecule has 3 aromatic rings. The molecule has 0 atom stereocenters. The van der Waals surface area contributed by atoms with Crippen LogP contribution in [0.4, 0.5) is 0 Å². The van der Waals surface area contributed by atoms with E-state index < -0.39 is 0 Å². The highest BCUT2D eigenvalue weighted by molar-refractivity contribution is 5.94. The van der Waals surface area contributed by atoms with Gasteiger partial charge in [0.15, 0.2) is 0 Å². The third-order valence-corrected chi connectivity index (χ3v) is 4.74. The lowest BCUT2D eigenvalue weighted by Gasteiger charge is -2.30. The van der Waals surface area contributed by atoms with E-state index >= 15 is 0 Å². The molecule has 0 spiro atoms. The van der Waals surface area contributed by atoms with Crippen LogP contribution in [0.2, 0.25) is 0 Å². The van der Waals surface area contributed by atoms with Crippen LogP contribution in [-0.2, 0) is 6.42 Å². The van der Waals surface area contributed by atoms with Gasteiger partial charge in [-0.05, 0) is 81.0 Å². The Hall–Kier alpha value is -2.88. The van der Waals surface area contributed by atoms with Gasteiger partial charge < -0.3 is 9.88 Å². The molecule has 0 unspecified atom stereocenters. The summed E-state index contributed by atoms with van der Waals surface area (Å²) in [6.07, 6.45) is 0.779. The number of fused-ring (bicyclic) bond motifs is 1. The van der Waals surface area contributed by atoms with Crippen molar-refractivity contribution in [3.05, 3.63) is 81.6 Å². The van der Waals surface area contributed by atoms with Crippen LogP contribution in [0.1, 0.15) is 49.2 Å². The van der Waals surface area contributed by atoms with Gasteiger partial charge in [-0.3, -0.25) is 9.59 Å². The molecule has 0 saturated carbocycles. The summed E-state index contributed by atoms with van der Waals surface area (Å²) < 4.78 is 0. The number of nitrogens with one attached hydrogen (secondary N) is 1. The molecule has 4 heteroatoms. The number of hydrogen-bond donors (Lipinski definition) is 1. The summed E-state index contributed by atoms with van der Waals surface area (Å²) in [6.45, 7) is 8.16. The molecule has 0 saturated heterocycles. The van der Waals surface area contributed by atoms with Gasteiger partial charge in [-0.2, -0.15) is 0 Å². The smallest absolute Gasteiger partial charge is 0.254 e. The summed E-state index contributed by atoms with van der Waals surface area (Å²) in [5, 5.41) is 1.02. The first-order chi connectivity index (χ1) is 12.8. The second-order valence-corrected chi connectivity index (χ2v) is 7.52. The monoisotopic (exact) mass is 362 g/mol. The topological polar surface area (TPSA) is 53.2 Å². The van der Waals surface area contributed by atoms with Crippen LogP contribution in [-0.4, -0.2) is 27.9 Å². The highest BCUT2D eigenvalue weighted by Gasteiger charge is 2.21. The van der Waals surface area contributed by atoms with Crippen molar-refractivity contribution in [1.29, 1.82) is 0 Å². The van der Waals surface area contributed by atoms with Crippen LogP contribution in [0.5, 0.6) is 0 Å². The van der Waals surface area contributed by atoms with Crippen molar-refractivity contribution in [2.24, 2.45) is 0 Å². The fraction of sp³-hybridized carbons (Fsp3) is 0.304. The number of rotatable bonds is 5. The van der Waals surface area contributed by atoms with Gasteiger partial charge in [0.25, 0.3) is 5.91 Å². The molecule has 2 aromatic carbocycles. The maximum absolute atomic E-state index is 12.8. The number of benzene rings is 2. The first-order valence-electron chi connectivity index (χ1n) is 9.38. The fourth-order valence-electron chi connectivity index (χ4n) is 3.53. The van der Waals surface area contributed by atoms with E-state index in [1.165, 1.54) is 5.56 Å². The molecule has 0 bridgehead atoms. The number of amides is 1. The molecule has 1 aromatic heterocycles. The van der Waals surface area contributed by atoms with Gasteiger partial charge in [0.05, 0.1) is 0 Å². The van der Waals surface area contributed by atoms with E-state index in [0.717, 1.165) is 28.5 Å². The van der Waals surface area contributed by atoms with Crippen LogP contribution in [0.25, 0.3) is 10.9 Å². The number of hydrogen-bond acceptors (Lipinski definition) is 2. The van der Waals surface area contributed by atoms with Gasteiger partial charge in [-0.25, -0.2) is 0 Å². The summed E-state index contributed by atoms with van der Waals surface area (Å²) in [4.78, 5) is 28.9. The van der Waals surface area contributed by atoms with E-state index in [-0.39, 0.29) is 23.6 Å². The van der Waals surface area contributed by atoms with Crippen molar-refractivity contribution >= 4 is 16.8 Å². The third kappa shape index (κ3) is 4.27. The van der Waals surface area contributed by atoms with Crippen molar-refractivity contribution < 1.29 is 4.79 Å². The number of carbonyl (C=O) groups is 1. The summed E-state index contributed by atoms with van der Waals surface area (Å²) in [5.74, 6) is 0.0706. The number of H-pyrrole nitrogens is 1. The molecule has 140 valence electrons. The number of carbonyl (C=O) groups excluding carboxylic acids is 1. The molecule has 1 N–H and O–H groups in total. The molecule has 1 heterocycles. The Balaban J connectivity index is 1.78. The van der Waals surface area contributed by atoms with Crippen LogP contribution in [0.3, 0.4) is 0 Å². The zero-order chi connectivity index (χ0) is 19.6. The normalized spacial score (nSPS) is 11.3. The molecule has 0 radical (unpaired) electrons. The number of aromatic amines is 1. The maximum Gasteiger partial charge on any atom is 0.254 e. The van der Waals surface area contributed by atoms with Crippen LogP contribution in [0.15, 0.2) is 59.4 Å². The molecular formula is C23H26N2O2. The lowest BCUT2D eigenvalue weighted by Crippen LogP contribution is -2.42. The third-order valence-electron chi connectivity index (χ3n) is 4.74. The highest BCUT2D eigenvalue weighted by atomic mass is 16.2. The van der Waals surface area contributed by atoms with Crippen molar-refractivity contribution in [2.75, 3.05) is 0 Å². The molecule has 0 aliphatic carbocycles. The molecule has 0 aliphatic rings. The van der Waals surface area contributed by atoms with Gasteiger partial charge in [0, 0.05) is 29.2 Å². The Morgan fingerprint density at radius 2 is 1.52 bits per heavy atom. The fourth-order valence-corrected chi connectivity index (χ4v) is 3.53. The minimum absolute atomic E-state index is 0.0706. The predicted molar refractivity (Wildman–Crippen MR) is 110 cm³/mol. The summed E-state index contributed by atoms with van der Waals surface area (Å²) in [7, 11) is 0. The summed E-state index contributed by atoms with van der Waals surface area (Å²) in [5.41, 5.74) is 3.79. The molecule has 3 rings (SSSR count). The molecule has 0 aliphatic heterocycles. The summed E-state index contributed by atoms with van der Waals surface area (Å²) in [6, 6.07) is 17.6.